The van der Waals surface area contributed by atoms with Crippen molar-refractivity contribution in [3.05, 3.63) is 29.3 Å². The van der Waals surface area contributed by atoms with Crippen LogP contribution in [0.3, 0.4) is 0 Å². The lowest BCUT2D eigenvalue weighted by Gasteiger charge is -2.34. The van der Waals surface area contributed by atoms with Crippen molar-refractivity contribution >= 4 is 23.3 Å². The second kappa shape index (κ2) is 7.58. The number of amides is 1. The zero-order chi connectivity index (χ0) is 18.8. The summed E-state index contributed by atoms with van der Waals surface area (Å²) >= 11 is 0. The molecule has 2 heterocycles. The first-order chi connectivity index (χ1) is 12.4. The Labute approximate surface area is 154 Å². The maximum atomic E-state index is 12.5. The number of esters is 1. The van der Waals surface area contributed by atoms with Gasteiger partial charge < -0.3 is 4.74 Å². The van der Waals surface area contributed by atoms with Gasteiger partial charge in [-0.25, -0.2) is 0 Å². The Balaban J connectivity index is 1.75. The Morgan fingerprint density at radius 1 is 1.31 bits per heavy atom. The van der Waals surface area contributed by atoms with Crippen molar-refractivity contribution in [3.63, 3.8) is 0 Å². The molecule has 0 aromatic heterocycles. The maximum absolute atomic E-state index is 12.5. The van der Waals surface area contributed by atoms with Crippen LogP contribution < -0.4 is 4.90 Å². The van der Waals surface area contributed by atoms with Gasteiger partial charge in [0.1, 0.15) is 0 Å². The van der Waals surface area contributed by atoms with Crippen LogP contribution in [-0.2, 0) is 14.3 Å². The smallest absolute Gasteiger partial charge is 0.310 e. The Kier molecular flexibility index (Phi) is 5.41. The van der Waals surface area contributed by atoms with Crippen LogP contribution in [0, 0.1) is 5.92 Å². The second-order valence-corrected chi connectivity index (χ2v) is 7.30. The van der Waals surface area contributed by atoms with Gasteiger partial charge in [-0.3, -0.25) is 24.2 Å². The highest BCUT2D eigenvalue weighted by Crippen LogP contribution is 2.32. The van der Waals surface area contributed by atoms with Crippen LogP contribution in [0.2, 0.25) is 0 Å². The third-order valence-electron chi connectivity index (χ3n) is 5.13. The van der Waals surface area contributed by atoms with Crippen molar-refractivity contribution in [3.8, 4) is 0 Å². The molecule has 2 aliphatic rings. The van der Waals surface area contributed by atoms with Gasteiger partial charge in [-0.15, -0.1) is 0 Å². The van der Waals surface area contributed by atoms with E-state index >= 15 is 0 Å². The van der Waals surface area contributed by atoms with Crippen LogP contribution >= 0.6 is 0 Å². The second-order valence-electron chi connectivity index (χ2n) is 7.30. The Bertz CT molecular complexity index is 729. The number of hydrogen-bond acceptors (Lipinski definition) is 5. The molecule has 1 fully saturated rings. The molecular weight excluding hydrogens is 332 g/mol. The molecular formula is C20H26N2O4. The number of fused-ring (bicyclic) bond motifs is 1. The Morgan fingerprint density at radius 2 is 2.08 bits per heavy atom. The zero-order valence-electron chi connectivity index (χ0n) is 15.7. The summed E-state index contributed by atoms with van der Waals surface area (Å²) in [4.78, 5) is 40.5. The van der Waals surface area contributed by atoms with Gasteiger partial charge in [0.05, 0.1) is 30.4 Å². The van der Waals surface area contributed by atoms with E-state index in [1.165, 1.54) is 4.90 Å². The molecule has 140 valence electrons. The standard InChI is InChI=1S/C20H26N2O4/c1-4-26-20(25)15-6-5-9-21(11-15)12-22-17-8-7-14(13(2)3)10-16(17)18(23)19(22)24/h7-8,10,13,15H,4-6,9,11-12H2,1-3H3/t15-/m0/s1. The number of carbonyl (C=O) groups excluding carboxylic acids is 3. The molecule has 0 unspecified atom stereocenters. The average Bonchev–Trinajstić information content (AvgIpc) is 2.86. The van der Waals surface area contributed by atoms with E-state index in [0.717, 1.165) is 24.9 Å². The Morgan fingerprint density at radius 3 is 2.77 bits per heavy atom. The van der Waals surface area contributed by atoms with Gasteiger partial charge in [0.2, 0.25) is 0 Å². The molecule has 1 saturated heterocycles. The van der Waals surface area contributed by atoms with Crippen LogP contribution in [-0.4, -0.2) is 48.9 Å². The van der Waals surface area contributed by atoms with Gasteiger partial charge in [0.15, 0.2) is 0 Å². The van der Waals surface area contributed by atoms with E-state index in [0.29, 0.717) is 37.0 Å². The predicted octanol–water partition coefficient (Wildman–Crippen LogP) is 2.57. The fraction of sp³-hybridized carbons (Fsp3) is 0.550. The molecule has 0 N–H and O–H groups in total. The number of hydrogen-bond donors (Lipinski definition) is 0. The molecule has 0 saturated carbocycles. The highest BCUT2D eigenvalue weighted by Gasteiger charge is 2.38. The van der Waals surface area contributed by atoms with Crippen LogP contribution in [0.25, 0.3) is 0 Å². The number of likely N-dealkylation sites (tertiary alicyclic amines) is 1. The minimum absolute atomic E-state index is 0.167. The highest BCUT2D eigenvalue weighted by molar-refractivity contribution is 6.52. The van der Waals surface area contributed by atoms with Crippen molar-refractivity contribution in [1.29, 1.82) is 0 Å². The molecule has 2 aliphatic heterocycles. The van der Waals surface area contributed by atoms with Crippen LogP contribution in [0.5, 0.6) is 0 Å². The quantitative estimate of drug-likeness (QED) is 0.598. The van der Waals surface area contributed by atoms with E-state index in [4.69, 9.17) is 4.74 Å². The lowest BCUT2D eigenvalue weighted by atomic mass is 9.98. The van der Waals surface area contributed by atoms with Gasteiger partial charge in [0.25, 0.3) is 5.78 Å². The predicted molar refractivity (Wildman–Crippen MR) is 98.1 cm³/mol. The molecule has 0 bridgehead atoms. The molecule has 1 aromatic rings. The third kappa shape index (κ3) is 3.51. The summed E-state index contributed by atoms with van der Waals surface area (Å²) in [5.41, 5.74) is 2.20. The molecule has 0 aliphatic carbocycles. The van der Waals surface area contributed by atoms with Crippen molar-refractivity contribution in [2.45, 2.75) is 39.5 Å². The molecule has 0 radical (unpaired) electrons. The summed E-state index contributed by atoms with van der Waals surface area (Å²) in [5, 5.41) is 0. The normalized spacial score (nSPS) is 20.6. The molecule has 6 nitrogen and oxygen atoms in total. The molecule has 0 spiro atoms. The molecule has 1 atom stereocenters. The first-order valence-electron chi connectivity index (χ1n) is 9.31. The minimum atomic E-state index is -0.487. The fourth-order valence-corrected chi connectivity index (χ4v) is 3.65. The van der Waals surface area contributed by atoms with Gasteiger partial charge in [-0.1, -0.05) is 19.9 Å². The van der Waals surface area contributed by atoms with Gasteiger partial charge >= 0.3 is 11.9 Å². The Hall–Kier alpha value is -2.21. The number of rotatable bonds is 5. The van der Waals surface area contributed by atoms with Crippen molar-refractivity contribution in [1.82, 2.24) is 4.90 Å². The third-order valence-corrected chi connectivity index (χ3v) is 5.13. The first kappa shape index (κ1) is 18.6. The van der Waals surface area contributed by atoms with E-state index in [1.54, 1.807) is 6.92 Å². The number of ketones is 1. The van der Waals surface area contributed by atoms with Crippen LogP contribution in [0.4, 0.5) is 5.69 Å². The van der Waals surface area contributed by atoms with E-state index < -0.39 is 11.7 Å². The summed E-state index contributed by atoms with van der Waals surface area (Å²) < 4.78 is 5.13. The van der Waals surface area contributed by atoms with E-state index in [1.807, 2.05) is 18.2 Å². The number of nitrogens with zero attached hydrogens (tertiary/aromatic N) is 2. The van der Waals surface area contributed by atoms with Crippen LogP contribution in [0.15, 0.2) is 18.2 Å². The van der Waals surface area contributed by atoms with Gasteiger partial charge in [-0.05, 0) is 49.9 Å². The highest BCUT2D eigenvalue weighted by atomic mass is 16.5. The molecule has 6 heteroatoms. The zero-order valence-corrected chi connectivity index (χ0v) is 15.7. The molecule has 26 heavy (non-hydrogen) atoms. The number of piperidine rings is 1. The number of ether oxygens (including phenoxy) is 1. The van der Waals surface area contributed by atoms with Crippen LogP contribution in [0.1, 0.15) is 55.5 Å². The van der Waals surface area contributed by atoms with Crippen molar-refractivity contribution in [2.24, 2.45) is 5.92 Å². The largest absolute Gasteiger partial charge is 0.466 e. The van der Waals surface area contributed by atoms with Gasteiger partial charge in [0, 0.05) is 6.54 Å². The van der Waals surface area contributed by atoms with E-state index in [-0.39, 0.29) is 11.9 Å². The minimum Gasteiger partial charge on any atom is -0.466 e. The lowest BCUT2D eigenvalue weighted by molar-refractivity contribution is -0.149. The number of benzene rings is 1. The summed E-state index contributed by atoms with van der Waals surface area (Å²) in [6.07, 6.45) is 1.68. The first-order valence-corrected chi connectivity index (χ1v) is 9.31. The topological polar surface area (TPSA) is 66.9 Å². The lowest BCUT2D eigenvalue weighted by Crippen LogP contribution is -2.46. The maximum Gasteiger partial charge on any atom is 0.310 e. The summed E-state index contributed by atoms with van der Waals surface area (Å²) in [5.74, 6) is -0.979. The molecule has 3 rings (SSSR count). The molecule has 1 aromatic carbocycles. The fourth-order valence-electron chi connectivity index (χ4n) is 3.65. The van der Waals surface area contributed by atoms with Crippen molar-refractivity contribution in [2.75, 3.05) is 31.3 Å². The molecule has 1 amide bonds. The average molecular weight is 358 g/mol. The summed E-state index contributed by atoms with van der Waals surface area (Å²) in [6.45, 7) is 7.97. The number of anilines is 1. The number of Topliss-reactive ketones (excluding diaryl/α,β-unsaturated/α-hetero) is 1. The van der Waals surface area contributed by atoms with E-state index in [9.17, 15) is 14.4 Å². The summed E-state index contributed by atoms with van der Waals surface area (Å²) in [7, 11) is 0. The SMILES string of the molecule is CCOC(=O)[C@H]1CCCN(CN2C(=O)C(=O)c3cc(C(C)C)ccc32)C1. The van der Waals surface area contributed by atoms with E-state index in [2.05, 4.69) is 18.7 Å². The van der Waals surface area contributed by atoms with Gasteiger partial charge in [-0.2, -0.15) is 0 Å². The monoisotopic (exact) mass is 358 g/mol. The summed E-state index contributed by atoms with van der Waals surface area (Å²) in [6, 6.07) is 5.66. The number of carbonyl (C=O) groups is 3. The van der Waals surface area contributed by atoms with Crippen molar-refractivity contribution < 1.29 is 19.1 Å².